The summed E-state index contributed by atoms with van der Waals surface area (Å²) in [5, 5.41) is 21.2. The molecule has 0 aliphatic carbocycles. The zero-order valence-corrected chi connectivity index (χ0v) is 14.4. The molecule has 1 saturated heterocycles. The molecule has 1 unspecified atom stereocenters. The van der Waals surface area contributed by atoms with Gasteiger partial charge in [0, 0.05) is 30.8 Å². The third-order valence-electron chi connectivity index (χ3n) is 4.18. The van der Waals surface area contributed by atoms with Crippen LogP contribution in [0.5, 0.6) is 0 Å². The average molecular weight is 341 g/mol. The van der Waals surface area contributed by atoms with Crippen molar-refractivity contribution in [1.29, 1.82) is 0 Å². The fourth-order valence-electron chi connectivity index (χ4n) is 3.30. The standard InChI is InChI=1S/C15H21ClN4OS/c1-9-5-11(15-10(3-4-21)7-14(16)22-15)6-12(17-9)13-8-20(2)19-18-13/h7-9,11-12,17,21H,3-6H2,1-2H3/t9-,11?,12-/m0/s1. The molecule has 5 nitrogen and oxygen atoms in total. The molecule has 2 aromatic heterocycles. The molecule has 1 aliphatic heterocycles. The summed E-state index contributed by atoms with van der Waals surface area (Å²) in [7, 11) is 1.89. The van der Waals surface area contributed by atoms with Crippen LogP contribution in [0.2, 0.25) is 4.34 Å². The third-order valence-corrected chi connectivity index (χ3v) is 5.65. The molecule has 0 saturated carbocycles. The van der Waals surface area contributed by atoms with Crippen molar-refractivity contribution in [1.82, 2.24) is 20.3 Å². The number of aromatic nitrogens is 3. The smallest absolute Gasteiger partial charge is 0.0996 e. The van der Waals surface area contributed by atoms with Crippen LogP contribution in [0.4, 0.5) is 0 Å². The van der Waals surface area contributed by atoms with Crippen LogP contribution < -0.4 is 5.32 Å². The second kappa shape index (κ2) is 6.66. The molecular weight excluding hydrogens is 320 g/mol. The molecular formula is C15H21ClN4OS. The Bertz CT molecular complexity index is 641. The molecule has 0 radical (unpaired) electrons. The van der Waals surface area contributed by atoms with Gasteiger partial charge in [-0.05, 0) is 43.7 Å². The number of nitrogens with zero attached hydrogens (tertiary/aromatic N) is 3. The number of nitrogens with one attached hydrogen (secondary N) is 1. The first-order chi connectivity index (χ1) is 10.6. The average Bonchev–Trinajstić information content (AvgIpc) is 3.05. The molecule has 2 aromatic rings. The minimum atomic E-state index is 0.161. The van der Waals surface area contributed by atoms with E-state index in [0.29, 0.717) is 18.4 Å². The van der Waals surface area contributed by atoms with Crippen molar-refractivity contribution in [2.24, 2.45) is 7.05 Å². The molecule has 22 heavy (non-hydrogen) atoms. The SMILES string of the molecule is C[C@H]1CC(c2sc(Cl)cc2CCO)C[C@@H](c2cn(C)nn2)N1. The highest BCUT2D eigenvalue weighted by molar-refractivity contribution is 7.16. The van der Waals surface area contributed by atoms with Gasteiger partial charge in [-0.3, -0.25) is 4.68 Å². The Hall–Kier alpha value is -0.950. The number of hydrogen-bond donors (Lipinski definition) is 2. The molecule has 0 bridgehead atoms. The van der Waals surface area contributed by atoms with Gasteiger partial charge in [0.25, 0.3) is 0 Å². The predicted octanol–water partition coefficient (Wildman–Crippen LogP) is 2.66. The summed E-state index contributed by atoms with van der Waals surface area (Å²) in [5.74, 6) is 0.447. The molecule has 7 heteroatoms. The second-order valence-electron chi connectivity index (χ2n) is 6.02. The summed E-state index contributed by atoms with van der Waals surface area (Å²) in [6.07, 6.45) is 4.71. The molecule has 3 heterocycles. The number of hydrogen-bond acceptors (Lipinski definition) is 5. The van der Waals surface area contributed by atoms with Gasteiger partial charge in [0.1, 0.15) is 0 Å². The van der Waals surface area contributed by atoms with Crippen LogP contribution in [0.3, 0.4) is 0 Å². The predicted molar refractivity (Wildman–Crippen MR) is 88.4 cm³/mol. The van der Waals surface area contributed by atoms with E-state index in [9.17, 15) is 5.11 Å². The van der Waals surface area contributed by atoms with E-state index in [1.165, 1.54) is 10.4 Å². The maximum atomic E-state index is 9.26. The van der Waals surface area contributed by atoms with Gasteiger partial charge in [-0.25, -0.2) is 0 Å². The van der Waals surface area contributed by atoms with Crippen molar-refractivity contribution in [2.75, 3.05) is 6.61 Å². The van der Waals surface area contributed by atoms with Crippen molar-refractivity contribution in [3.63, 3.8) is 0 Å². The van der Waals surface area contributed by atoms with Gasteiger partial charge >= 0.3 is 0 Å². The monoisotopic (exact) mass is 340 g/mol. The van der Waals surface area contributed by atoms with E-state index in [1.807, 2.05) is 19.3 Å². The number of halogens is 1. The summed E-state index contributed by atoms with van der Waals surface area (Å²) in [6, 6.07) is 2.63. The molecule has 120 valence electrons. The van der Waals surface area contributed by atoms with Gasteiger partial charge < -0.3 is 10.4 Å². The lowest BCUT2D eigenvalue weighted by atomic mass is 9.85. The van der Waals surface area contributed by atoms with E-state index >= 15 is 0 Å². The lowest BCUT2D eigenvalue weighted by Gasteiger charge is -2.34. The van der Waals surface area contributed by atoms with E-state index < -0.39 is 0 Å². The van der Waals surface area contributed by atoms with E-state index in [2.05, 4.69) is 22.6 Å². The Kier molecular flexibility index (Phi) is 4.82. The van der Waals surface area contributed by atoms with Crippen LogP contribution in [0, 0.1) is 0 Å². The molecule has 1 aliphatic rings. The van der Waals surface area contributed by atoms with Crippen LogP contribution in [-0.2, 0) is 13.5 Å². The van der Waals surface area contributed by atoms with E-state index in [4.69, 9.17) is 11.6 Å². The maximum absolute atomic E-state index is 9.26. The summed E-state index contributed by atoms with van der Waals surface area (Å²) in [4.78, 5) is 1.32. The van der Waals surface area contributed by atoms with Crippen molar-refractivity contribution < 1.29 is 5.11 Å². The van der Waals surface area contributed by atoms with Crippen LogP contribution in [0.1, 0.15) is 47.9 Å². The van der Waals surface area contributed by atoms with Gasteiger partial charge in [-0.15, -0.1) is 16.4 Å². The topological polar surface area (TPSA) is 63.0 Å². The molecule has 3 rings (SSSR count). The quantitative estimate of drug-likeness (QED) is 0.898. The molecule has 0 aromatic carbocycles. The minimum absolute atomic E-state index is 0.161. The van der Waals surface area contributed by atoms with Gasteiger partial charge in [-0.1, -0.05) is 16.8 Å². The lowest BCUT2D eigenvalue weighted by Crippen LogP contribution is -2.38. The Morgan fingerprint density at radius 1 is 1.50 bits per heavy atom. The summed E-state index contributed by atoms with van der Waals surface area (Å²) < 4.78 is 2.55. The molecule has 3 atom stereocenters. The Morgan fingerprint density at radius 2 is 2.32 bits per heavy atom. The van der Waals surface area contributed by atoms with Crippen molar-refractivity contribution in [2.45, 2.75) is 44.2 Å². The first-order valence-electron chi connectivity index (χ1n) is 7.58. The number of aliphatic hydroxyl groups is 1. The van der Waals surface area contributed by atoms with Gasteiger partial charge in [0.15, 0.2) is 0 Å². The van der Waals surface area contributed by atoms with Crippen LogP contribution in [-0.4, -0.2) is 32.7 Å². The van der Waals surface area contributed by atoms with Gasteiger partial charge in [0.05, 0.1) is 16.1 Å². The van der Waals surface area contributed by atoms with Crippen LogP contribution in [0.25, 0.3) is 0 Å². The Morgan fingerprint density at radius 3 is 3.00 bits per heavy atom. The van der Waals surface area contributed by atoms with Crippen molar-refractivity contribution in [3.05, 3.63) is 32.7 Å². The van der Waals surface area contributed by atoms with Gasteiger partial charge in [-0.2, -0.15) is 0 Å². The first-order valence-corrected chi connectivity index (χ1v) is 8.77. The second-order valence-corrected chi connectivity index (χ2v) is 7.73. The number of thiophene rings is 1. The van der Waals surface area contributed by atoms with E-state index in [1.54, 1.807) is 16.0 Å². The molecule has 2 N–H and O–H groups in total. The molecule has 0 amide bonds. The Labute approximate surface area is 139 Å². The van der Waals surface area contributed by atoms with Crippen molar-refractivity contribution in [3.8, 4) is 0 Å². The number of aryl methyl sites for hydroxylation is 1. The minimum Gasteiger partial charge on any atom is -0.396 e. The highest BCUT2D eigenvalue weighted by Crippen LogP contribution is 2.42. The Balaban J connectivity index is 1.84. The van der Waals surface area contributed by atoms with E-state index in [-0.39, 0.29) is 12.6 Å². The first kappa shape index (κ1) is 15.9. The zero-order valence-electron chi connectivity index (χ0n) is 12.8. The van der Waals surface area contributed by atoms with Gasteiger partial charge in [0.2, 0.25) is 0 Å². The summed E-state index contributed by atoms with van der Waals surface area (Å²) >= 11 is 7.86. The number of rotatable bonds is 4. The van der Waals surface area contributed by atoms with Crippen molar-refractivity contribution >= 4 is 22.9 Å². The molecule has 1 fully saturated rings. The fraction of sp³-hybridized carbons (Fsp3) is 0.600. The highest BCUT2D eigenvalue weighted by atomic mass is 35.5. The van der Waals surface area contributed by atoms with Crippen LogP contribution >= 0.6 is 22.9 Å². The normalized spacial score (nSPS) is 25.5. The maximum Gasteiger partial charge on any atom is 0.0996 e. The largest absolute Gasteiger partial charge is 0.396 e. The summed E-state index contributed by atoms with van der Waals surface area (Å²) in [6.45, 7) is 2.37. The van der Waals surface area contributed by atoms with E-state index in [0.717, 1.165) is 22.9 Å². The molecule has 0 spiro atoms. The zero-order chi connectivity index (χ0) is 15.7. The third kappa shape index (κ3) is 3.35. The highest BCUT2D eigenvalue weighted by Gasteiger charge is 2.31. The fourth-order valence-corrected chi connectivity index (χ4v) is 4.75. The number of aliphatic hydroxyl groups excluding tert-OH is 1. The lowest BCUT2D eigenvalue weighted by molar-refractivity contribution is 0.293. The summed E-state index contributed by atoms with van der Waals surface area (Å²) in [5.41, 5.74) is 2.18. The van der Waals surface area contributed by atoms with Crippen LogP contribution in [0.15, 0.2) is 12.3 Å². The number of piperidine rings is 1.